The van der Waals surface area contributed by atoms with Gasteiger partial charge in [-0.2, -0.15) is 0 Å². The van der Waals surface area contributed by atoms with E-state index in [1.54, 1.807) is 12.1 Å². The summed E-state index contributed by atoms with van der Waals surface area (Å²) in [4.78, 5) is 4.55. The van der Waals surface area contributed by atoms with E-state index in [-0.39, 0.29) is 30.6 Å². The Bertz CT molecular complexity index is 773. The molecule has 0 saturated carbocycles. The first-order chi connectivity index (χ1) is 9.61. The van der Waals surface area contributed by atoms with Crippen LogP contribution in [0.3, 0.4) is 0 Å². The summed E-state index contributed by atoms with van der Waals surface area (Å²) in [5, 5.41) is 13.8. The lowest BCUT2D eigenvalue weighted by atomic mass is 10.1. The minimum atomic E-state index is 0. The summed E-state index contributed by atoms with van der Waals surface area (Å²) in [6.45, 7) is 4.06. The minimum Gasteiger partial charge on any atom is -0.508 e. The molecule has 5 heteroatoms. The van der Waals surface area contributed by atoms with Gasteiger partial charge in [-0.25, -0.2) is 0 Å². The average Bonchev–Trinajstić information content (AvgIpc) is 2.42. The van der Waals surface area contributed by atoms with Gasteiger partial charge in [-0.1, -0.05) is 11.6 Å². The number of aromatic nitrogens is 1. The molecule has 0 aliphatic heterocycles. The maximum atomic E-state index is 9.34. The van der Waals surface area contributed by atoms with Crippen molar-refractivity contribution >= 4 is 47.1 Å². The summed E-state index contributed by atoms with van der Waals surface area (Å²) in [6.07, 6.45) is 0. The fourth-order valence-electron chi connectivity index (χ4n) is 2.28. The van der Waals surface area contributed by atoms with E-state index in [1.807, 2.05) is 31.2 Å². The van der Waals surface area contributed by atoms with Crippen molar-refractivity contribution in [2.75, 3.05) is 5.32 Å². The monoisotopic (exact) mass is 336 g/mol. The maximum Gasteiger partial charge on any atom is 0.115 e. The zero-order valence-corrected chi connectivity index (χ0v) is 14.0. The Morgan fingerprint density at radius 2 is 1.59 bits per heavy atom. The summed E-state index contributed by atoms with van der Waals surface area (Å²) < 4.78 is 0. The number of pyridine rings is 1. The van der Waals surface area contributed by atoms with E-state index >= 15 is 0 Å². The first kappa shape index (κ1) is 18.1. The van der Waals surface area contributed by atoms with Crippen molar-refractivity contribution in [3.63, 3.8) is 0 Å². The topological polar surface area (TPSA) is 45.2 Å². The van der Waals surface area contributed by atoms with Crippen molar-refractivity contribution in [3.8, 4) is 5.75 Å². The van der Waals surface area contributed by atoms with Crippen LogP contribution in [0, 0.1) is 13.8 Å². The number of hydrogen-bond donors (Lipinski definition) is 2. The molecule has 116 valence electrons. The van der Waals surface area contributed by atoms with Crippen molar-refractivity contribution < 1.29 is 5.11 Å². The molecule has 2 aromatic carbocycles. The van der Waals surface area contributed by atoms with Gasteiger partial charge >= 0.3 is 0 Å². The number of benzene rings is 2. The molecular formula is C17H18Cl2N2O. The molecule has 0 bridgehead atoms. The van der Waals surface area contributed by atoms with Crippen LogP contribution in [-0.2, 0) is 0 Å². The number of aromatic hydroxyl groups is 1. The van der Waals surface area contributed by atoms with Gasteiger partial charge in [0.2, 0.25) is 0 Å². The second kappa shape index (κ2) is 7.34. The van der Waals surface area contributed by atoms with Crippen molar-refractivity contribution in [1.82, 2.24) is 4.98 Å². The van der Waals surface area contributed by atoms with E-state index in [0.717, 1.165) is 28.0 Å². The normalized spacial score (nSPS) is 9.73. The van der Waals surface area contributed by atoms with Gasteiger partial charge in [-0.15, -0.1) is 24.8 Å². The number of phenolic OH excluding ortho intramolecular Hbond substituents is 1. The van der Waals surface area contributed by atoms with E-state index in [9.17, 15) is 5.11 Å². The number of nitrogens with zero attached hydrogens (tertiary/aromatic N) is 1. The van der Waals surface area contributed by atoms with Crippen LogP contribution in [0.2, 0.25) is 0 Å². The largest absolute Gasteiger partial charge is 0.508 e. The third-order valence-corrected chi connectivity index (χ3v) is 3.24. The number of phenols is 1. The molecule has 0 amide bonds. The van der Waals surface area contributed by atoms with Gasteiger partial charge < -0.3 is 10.4 Å². The first-order valence-corrected chi connectivity index (χ1v) is 6.56. The number of rotatable bonds is 2. The maximum absolute atomic E-state index is 9.34. The minimum absolute atomic E-state index is 0. The van der Waals surface area contributed by atoms with Crippen molar-refractivity contribution in [2.24, 2.45) is 0 Å². The smallest absolute Gasteiger partial charge is 0.115 e. The van der Waals surface area contributed by atoms with E-state index in [2.05, 4.69) is 29.4 Å². The van der Waals surface area contributed by atoms with E-state index in [4.69, 9.17) is 0 Å². The van der Waals surface area contributed by atoms with Crippen LogP contribution < -0.4 is 5.32 Å². The first-order valence-electron chi connectivity index (χ1n) is 6.56. The summed E-state index contributed by atoms with van der Waals surface area (Å²) in [5.74, 6) is 0.266. The van der Waals surface area contributed by atoms with Crippen molar-refractivity contribution in [3.05, 3.63) is 59.8 Å². The highest BCUT2D eigenvalue weighted by molar-refractivity contribution is 5.93. The number of fused-ring (bicyclic) bond motifs is 1. The van der Waals surface area contributed by atoms with Gasteiger partial charge in [-0.05, 0) is 56.3 Å². The van der Waals surface area contributed by atoms with Crippen molar-refractivity contribution in [1.29, 1.82) is 0 Å². The van der Waals surface area contributed by atoms with E-state index in [1.165, 1.54) is 5.56 Å². The summed E-state index contributed by atoms with van der Waals surface area (Å²) >= 11 is 0. The molecule has 2 N–H and O–H groups in total. The van der Waals surface area contributed by atoms with Crippen LogP contribution in [-0.4, -0.2) is 10.1 Å². The molecule has 3 aromatic rings. The molecule has 3 rings (SSSR count). The summed E-state index contributed by atoms with van der Waals surface area (Å²) in [6, 6.07) is 15.3. The van der Waals surface area contributed by atoms with Crippen molar-refractivity contribution in [2.45, 2.75) is 13.8 Å². The van der Waals surface area contributed by atoms with E-state index in [0.29, 0.717) is 0 Å². The molecule has 0 saturated heterocycles. The average molecular weight is 337 g/mol. The second-order valence-corrected chi connectivity index (χ2v) is 5.00. The predicted molar refractivity (Wildman–Crippen MR) is 97.1 cm³/mol. The molecule has 0 fully saturated rings. The molecule has 1 heterocycles. The Balaban J connectivity index is 0.00000121. The molecular weight excluding hydrogens is 319 g/mol. The molecule has 0 aliphatic carbocycles. The van der Waals surface area contributed by atoms with E-state index < -0.39 is 0 Å². The quantitative estimate of drug-likeness (QED) is 0.636. The van der Waals surface area contributed by atoms with Gasteiger partial charge in [0.25, 0.3) is 0 Å². The third-order valence-electron chi connectivity index (χ3n) is 3.24. The van der Waals surface area contributed by atoms with Crippen LogP contribution in [0.1, 0.15) is 11.3 Å². The third kappa shape index (κ3) is 3.81. The molecule has 0 unspecified atom stereocenters. The van der Waals surface area contributed by atoms with Gasteiger partial charge in [0.05, 0.1) is 5.52 Å². The zero-order valence-electron chi connectivity index (χ0n) is 12.3. The highest BCUT2D eigenvalue weighted by Gasteiger charge is 2.05. The lowest BCUT2D eigenvalue weighted by Crippen LogP contribution is -1.95. The lowest BCUT2D eigenvalue weighted by molar-refractivity contribution is 0.475. The Morgan fingerprint density at radius 3 is 2.27 bits per heavy atom. The molecule has 22 heavy (non-hydrogen) atoms. The van der Waals surface area contributed by atoms with Gasteiger partial charge in [-0.3, -0.25) is 4.98 Å². The second-order valence-electron chi connectivity index (χ2n) is 5.00. The molecule has 0 radical (unpaired) electrons. The summed E-state index contributed by atoms with van der Waals surface area (Å²) in [7, 11) is 0. The van der Waals surface area contributed by atoms with Crippen LogP contribution in [0.15, 0.2) is 48.5 Å². The van der Waals surface area contributed by atoms with Gasteiger partial charge in [0, 0.05) is 22.5 Å². The van der Waals surface area contributed by atoms with Crippen LogP contribution >= 0.6 is 24.8 Å². The van der Waals surface area contributed by atoms with Crippen LogP contribution in [0.25, 0.3) is 10.9 Å². The molecule has 0 aliphatic rings. The van der Waals surface area contributed by atoms with Gasteiger partial charge in [0.1, 0.15) is 5.75 Å². The fourth-order valence-corrected chi connectivity index (χ4v) is 2.28. The number of halogens is 2. The highest BCUT2D eigenvalue weighted by atomic mass is 35.5. The van der Waals surface area contributed by atoms with Gasteiger partial charge in [0.15, 0.2) is 0 Å². The Kier molecular flexibility index (Phi) is 6.03. The van der Waals surface area contributed by atoms with Crippen LogP contribution in [0.4, 0.5) is 11.4 Å². The highest BCUT2D eigenvalue weighted by Crippen LogP contribution is 2.27. The Labute approximate surface area is 142 Å². The number of anilines is 2. The Hall–Kier alpha value is -1.97. The zero-order chi connectivity index (χ0) is 14.1. The predicted octanol–water partition coefficient (Wildman–Crippen LogP) is 5.14. The SMILES string of the molecule is Cc1ccc2nc(C)cc(Nc3ccc(O)cc3)c2c1.Cl.Cl. The lowest BCUT2D eigenvalue weighted by Gasteiger charge is -2.11. The molecule has 0 spiro atoms. The molecule has 1 aromatic heterocycles. The van der Waals surface area contributed by atoms with Crippen LogP contribution in [0.5, 0.6) is 5.75 Å². The number of aryl methyl sites for hydroxylation is 2. The number of hydrogen-bond acceptors (Lipinski definition) is 3. The molecule has 0 atom stereocenters. The summed E-state index contributed by atoms with van der Waals surface area (Å²) in [5.41, 5.74) is 5.13. The standard InChI is InChI=1S/C17H16N2O.2ClH/c1-11-3-8-16-15(9-11)17(10-12(2)18-16)19-13-4-6-14(20)7-5-13;;/h3-10,20H,1-2H3,(H,18,19);2*1H. The fraction of sp³-hybridized carbons (Fsp3) is 0.118. The molecule has 3 nitrogen and oxygen atoms in total. The Morgan fingerprint density at radius 1 is 0.909 bits per heavy atom. The number of nitrogens with one attached hydrogen (secondary N) is 1.